The van der Waals surface area contributed by atoms with Gasteiger partial charge in [0.25, 0.3) is 0 Å². The molecule has 0 saturated carbocycles. The zero-order chi connectivity index (χ0) is 14.5. The van der Waals surface area contributed by atoms with Crippen molar-refractivity contribution in [3.8, 4) is 0 Å². The number of nitrogens with zero attached hydrogens (tertiary/aromatic N) is 2. The Kier molecular flexibility index (Phi) is 6.29. The highest BCUT2D eigenvalue weighted by Gasteiger charge is 2.26. The van der Waals surface area contributed by atoms with Crippen molar-refractivity contribution in [1.29, 1.82) is 0 Å². The molecular weight excluding hydrogens is 280 g/mol. The highest BCUT2D eigenvalue weighted by molar-refractivity contribution is 7.98. The van der Waals surface area contributed by atoms with Crippen LogP contribution in [-0.4, -0.2) is 45.8 Å². The van der Waals surface area contributed by atoms with Gasteiger partial charge in [0, 0.05) is 30.4 Å². The van der Waals surface area contributed by atoms with Gasteiger partial charge in [-0.15, -0.1) is 11.3 Å². The van der Waals surface area contributed by atoms with E-state index in [9.17, 15) is 9.90 Å². The van der Waals surface area contributed by atoms with Gasteiger partial charge < -0.3 is 10.0 Å². The third-order valence-corrected chi connectivity index (χ3v) is 4.86. The van der Waals surface area contributed by atoms with E-state index >= 15 is 0 Å². The number of amides is 1. The molecule has 1 aromatic rings. The molecule has 1 N–H and O–H groups in total. The summed E-state index contributed by atoms with van der Waals surface area (Å²) in [7, 11) is 1.74. The molecule has 0 aliphatic carbocycles. The first-order chi connectivity index (χ1) is 8.86. The number of aromatic nitrogens is 1. The van der Waals surface area contributed by atoms with Crippen LogP contribution in [0.3, 0.4) is 0 Å². The number of rotatable bonds is 7. The van der Waals surface area contributed by atoms with Gasteiger partial charge in [-0.1, -0.05) is 0 Å². The van der Waals surface area contributed by atoms with Crippen molar-refractivity contribution in [2.24, 2.45) is 0 Å². The van der Waals surface area contributed by atoms with E-state index in [2.05, 4.69) is 10.4 Å². The van der Waals surface area contributed by atoms with Crippen LogP contribution in [0.1, 0.15) is 31.0 Å². The largest absolute Gasteiger partial charge is 0.394 e. The molecule has 0 aliphatic heterocycles. The van der Waals surface area contributed by atoms with Gasteiger partial charge in [0.2, 0.25) is 5.91 Å². The molecule has 0 unspecified atom stereocenters. The number of hydrogen-bond donors (Lipinski definition) is 1. The topological polar surface area (TPSA) is 53.4 Å². The maximum Gasteiger partial charge on any atom is 0.223 e. The van der Waals surface area contributed by atoms with Crippen LogP contribution in [0.15, 0.2) is 5.38 Å². The van der Waals surface area contributed by atoms with E-state index in [0.717, 1.165) is 22.2 Å². The number of carbonyl (C=O) groups excluding carboxylic acids is 1. The fourth-order valence-electron chi connectivity index (χ4n) is 1.42. The molecule has 0 aromatic carbocycles. The standard InChI is InChI=1S/C13H22N2O2S2/c1-10-14-11(8-19-10)7-18-6-5-12(17)15(4)13(2,3)9-16/h8,16H,5-7,9H2,1-4H3. The second kappa shape index (κ2) is 7.26. The first-order valence-corrected chi connectivity index (χ1v) is 8.26. The molecule has 1 rings (SSSR count). The van der Waals surface area contributed by atoms with Crippen molar-refractivity contribution in [2.45, 2.75) is 38.5 Å². The number of aliphatic hydroxyl groups is 1. The monoisotopic (exact) mass is 302 g/mol. The molecule has 0 fully saturated rings. The van der Waals surface area contributed by atoms with Crippen LogP contribution in [0.2, 0.25) is 0 Å². The molecule has 0 bridgehead atoms. The molecule has 1 aromatic heterocycles. The van der Waals surface area contributed by atoms with Crippen molar-refractivity contribution in [1.82, 2.24) is 9.88 Å². The lowest BCUT2D eigenvalue weighted by atomic mass is 10.1. The normalized spacial score (nSPS) is 11.6. The van der Waals surface area contributed by atoms with Crippen molar-refractivity contribution in [2.75, 3.05) is 19.4 Å². The van der Waals surface area contributed by atoms with Gasteiger partial charge in [-0.3, -0.25) is 4.79 Å². The minimum absolute atomic E-state index is 0.0273. The zero-order valence-corrected chi connectivity index (χ0v) is 13.6. The molecule has 108 valence electrons. The fraction of sp³-hybridized carbons (Fsp3) is 0.692. The lowest BCUT2D eigenvalue weighted by molar-refractivity contribution is -0.135. The summed E-state index contributed by atoms with van der Waals surface area (Å²) in [4.78, 5) is 18.0. The van der Waals surface area contributed by atoms with Gasteiger partial charge in [0.1, 0.15) is 0 Å². The van der Waals surface area contributed by atoms with Gasteiger partial charge in [0.05, 0.1) is 22.8 Å². The molecule has 1 heterocycles. The molecule has 6 heteroatoms. The number of thioether (sulfide) groups is 1. The van der Waals surface area contributed by atoms with Crippen LogP contribution in [0, 0.1) is 6.92 Å². The number of hydrogen-bond acceptors (Lipinski definition) is 5. The van der Waals surface area contributed by atoms with Crippen LogP contribution in [0.25, 0.3) is 0 Å². The molecule has 4 nitrogen and oxygen atoms in total. The summed E-state index contributed by atoms with van der Waals surface area (Å²) < 4.78 is 0. The Labute approximate surface area is 123 Å². The van der Waals surface area contributed by atoms with E-state index in [4.69, 9.17) is 0 Å². The van der Waals surface area contributed by atoms with Crippen LogP contribution in [0.5, 0.6) is 0 Å². The molecule has 1 amide bonds. The molecule has 0 aliphatic rings. The van der Waals surface area contributed by atoms with Crippen LogP contribution in [0.4, 0.5) is 0 Å². The van der Waals surface area contributed by atoms with Crippen molar-refractivity contribution >= 4 is 29.0 Å². The molecule has 0 spiro atoms. The molecule has 19 heavy (non-hydrogen) atoms. The number of carbonyl (C=O) groups is 1. The van der Waals surface area contributed by atoms with Gasteiger partial charge in [-0.05, 0) is 20.8 Å². The summed E-state index contributed by atoms with van der Waals surface area (Å²) in [6.07, 6.45) is 0.494. The predicted molar refractivity (Wildman–Crippen MR) is 81.6 cm³/mol. The van der Waals surface area contributed by atoms with Gasteiger partial charge in [-0.2, -0.15) is 11.8 Å². The highest BCUT2D eigenvalue weighted by Crippen LogP contribution is 2.17. The maximum atomic E-state index is 12.0. The third kappa shape index (κ3) is 5.12. The molecule has 0 atom stereocenters. The average molecular weight is 302 g/mol. The number of thiazole rings is 1. The summed E-state index contributed by atoms with van der Waals surface area (Å²) in [6.45, 7) is 5.68. The summed E-state index contributed by atoms with van der Waals surface area (Å²) in [5.41, 5.74) is 0.595. The lowest BCUT2D eigenvalue weighted by Gasteiger charge is -2.34. The van der Waals surface area contributed by atoms with Crippen LogP contribution >= 0.6 is 23.1 Å². The second-order valence-corrected chi connectivity index (χ2v) is 7.25. The maximum absolute atomic E-state index is 12.0. The summed E-state index contributed by atoms with van der Waals surface area (Å²) >= 11 is 3.37. The highest BCUT2D eigenvalue weighted by atomic mass is 32.2. The predicted octanol–water partition coefficient (Wildman–Crippen LogP) is 2.30. The summed E-state index contributed by atoms with van der Waals surface area (Å²) in [5.74, 6) is 1.70. The first-order valence-electron chi connectivity index (χ1n) is 6.23. The van der Waals surface area contributed by atoms with Crippen LogP contribution < -0.4 is 0 Å². The Bertz CT molecular complexity index is 419. The number of aryl methyl sites for hydroxylation is 1. The summed E-state index contributed by atoms with van der Waals surface area (Å²) in [6, 6.07) is 0. The smallest absolute Gasteiger partial charge is 0.223 e. The zero-order valence-electron chi connectivity index (χ0n) is 12.0. The summed E-state index contributed by atoms with van der Waals surface area (Å²) in [5, 5.41) is 12.4. The molecular formula is C13H22N2O2S2. The Morgan fingerprint density at radius 1 is 1.58 bits per heavy atom. The molecule has 0 radical (unpaired) electrons. The minimum atomic E-state index is -0.492. The number of aliphatic hydroxyl groups excluding tert-OH is 1. The second-order valence-electron chi connectivity index (χ2n) is 5.08. The minimum Gasteiger partial charge on any atom is -0.394 e. The SMILES string of the molecule is Cc1nc(CSCCC(=O)N(C)C(C)(C)CO)cs1. The van der Waals surface area contributed by atoms with Crippen molar-refractivity contribution < 1.29 is 9.90 Å². The third-order valence-electron chi connectivity index (χ3n) is 3.05. The fourth-order valence-corrected chi connectivity index (χ4v) is 2.96. The van der Waals surface area contributed by atoms with Gasteiger partial charge >= 0.3 is 0 Å². The van der Waals surface area contributed by atoms with Gasteiger partial charge in [0.15, 0.2) is 0 Å². The van der Waals surface area contributed by atoms with E-state index < -0.39 is 5.54 Å². The Morgan fingerprint density at radius 3 is 2.79 bits per heavy atom. The van der Waals surface area contributed by atoms with Crippen molar-refractivity contribution in [3.63, 3.8) is 0 Å². The first kappa shape index (κ1) is 16.5. The lowest BCUT2D eigenvalue weighted by Crippen LogP contribution is -2.47. The van der Waals surface area contributed by atoms with Crippen LogP contribution in [-0.2, 0) is 10.5 Å². The average Bonchev–Trinajstić information content (AvgIpc) is 2.79. The van der Waals surface area contributed by atoms with Crippen molar-refractivity contribution in [3.05, 3.63) is 16.1 Å². The molecule has 0 saturated heterocycles. The quantitative estimate of drug-likeness (QED) is 0.785. The van der Waals surface area contributed by atoms with E-state index in [1.165, 1.54) is 0 Å². The Balaban J connectivity index is 2.27. The van der Waals surface area contributed by atoms with Gasteiger partial charge in [-0.25, -0.2) is 4.98 Å². The van der Waals surface area contributed by atoms with E-state index in [1.54, 1.807) is 35.0 Å². The Hall–Kier alpha value is -0.590. The van der Waals surface area contributed by atoms with E-state index in [0.29, 0.717) is 6.42 Å². The Morgan fingerprint density at radius 2 is 2.26 bits per heavy atom. The van der Waals surface area contributed by atoms with E-state index in [1.807, 2.05) is 20.8 Å². The van der Waals surface area contributed by atoms with E-state index in [-0.39, 0.29) is 12.5 Å². The number of likely N-dealkylation sites (N-methyl/N-ethyl adjacent to an activating group) is 1.